The molecule has 0 fully saturated rings. The van der Waals surface area contributed by atoms with Gasteiger partial charge in [-0.3, -0.25) is 24.4 Å². The van der Waals surface area contributed by atoms with Gasteiger partial charge in [-0.1, -0.05) is 42.5 Å². The average molecular weight is 411 g/mol. The number of carbonyl (C=O) groups is 3. The van der Waals surface area contributed by atoms with Crippen LogP contribution in [-0.2, 0) is 6.42 Å². The van der Waals surface area contributed by atoms with Crippen LogP contribution in [0.5, 0.6) is 0 Å². The van der Waals surface area contributed by atoms with Crippen LogP contribution in [0.2, 0.25) is 0 Å². The number of aromatic nitrogens is 3. The summed E-state index contributed by atoms with van der Waals surface area (Å²) in [5.41, 5.74) is 8.89. The molecule has 3 heterocycles. The van der Waals surface area contributed by atoms with Crippen molar-refractivity contribution < 1.29 is 14.4 Å². The molecule has 2 aromatic heterocycles. The Labute approximate surface area is 176 Å². The lowest BCUT2D eigenvalue weighted by molar-refractivity contribution is 0.0656. The van der Waals surface area contributed by atoms with Gasteiger partial charge in [0.05, 0.1) is 22.2 Å². The van der Waals surface area contributed by atoms with Crippen molar-refractivity contribution in [2.24, 2.45) is 5.73 Å². The highest BCUT2D eigenvalue weighted by Gasteiger charge is 2.38. The maximum absolute atomic E-state index is 13.2. The zero-order valence-electron chi connectivity index (χ0n) is 16.3. The number of imide groups is 1. The van der Waals surface area contributed by atoms with Gasteiger partial charge >= 0.3 is 0 Å². The maximum atomic E-state index is 13.2. The Morgan fingerprint density at radius 2 is 1.74 bits per heavy atom. The Kier molecular flexibility index (Phi) is 4.32. The van der Waals surface area contributed by atoms with E-state index in [-0.39, 0.29) is 23.9 Å². The monoisotopic (exact) mass is 411 g/mol. The molecular weight excluding hydrogens is 394 g/mol. The van der Waals surface area contributed by atoms with Gasteiger partial charge in [-0.2, -0.15) is 5.10 Å². The molecule has 5 rings (SSSR count). The van der Waals surface area contributed by atoms with Crippen LogP contribution in [0.4, 0.5) is 0 Å². The first-order valence-corrected chi connectivity index (χ1v) is 9.72. The minimum absolute atomic E-state index is 0.266. The molecule has 8 heteroatoms. The number of carbonyl (C=O) groups excluding carboxylic acids is 3. The summed E-state index contributed by atoms with van der Waals surface area (Å²) >= 11 is 0. The van der Waals surface area contributed by atoms with Gasteiger partial charge in [0.25, 0.3) is 11.8 Å². The Morgan fingerprint density at radius 1 is 1.00 bits per heavy atom. The number of pyridine rings is 1. The number of hydrogen-bond acceptors (Lipinski definition) is 5. The van der Waals surface area contributed by atoms with Crippen molar-refractivity contribution >= 4 is 28.8 Å². The van der Waals surface area contributed by atoms with Gasteiger partial charge in [-0.25, -0.2) is 4.98 Å². The lowest BCUT2D eigenvalue weighted by Crippen LogP contribution is -2.31. The van der Waals surface area contributed by atoms with Crippen LogP contribution < -0.4 is 5.73 Å². The fraction of sp³-hybridized carbons (Fsp3) is 0.0870. The number of hydrogen-bond donors (Lipinski definition) is 2. The molecule has 0 radical (unpaired) electrons. The number of nitrogens with two attached hydrogens (primary N) is 1. The van der Waals surface area contributed by atoms with Crippen molar-refractivity contribution in [3.63, 3.8) is 0 Å². The summed E-state index contributed by atoms with van der Waals surface area (Å²) in [5, 5.41) is 7.59. The van der Waals surface area contributed by atoms with Gasteiger partial charge in [0, 0.05) is 23.9 Å². The molecule has 0 atom stereocenters. The van der Waals surface area contributed by atoms with E-state index in [2.05, 4.69) is 15.2 Å². The van der Waals surface area contributed by atoms with Crippen molar-refractivity contribution in [1.29, 1.82) is 0 Å². The highest BCUT2D eigenvalue weighted by Crippen LogP contribution is 2.34. The van der Waals surface area contributed by atoms with Crippen molar-refractivity contribution in [3.8, 4) is 11.3 Å². The van der Waals surface area contributed by atoms with Gasteiger partial charge < -0.3 is 5.73 Å². The standard InChI is InChI=1S/C23H17N5O3/c24-20(29)15-8-6-14(7-9-15)19-18-17-16(12-25-21(18)27-26-19)22(30)28(23(17)31)11-10-13-4-2-1-3-5-13/h1-9,12H,10-11H2,(H2,24,29)(H,25,26,27). The predicted molar refractivity (Wildman–Crippen MR) is 113 cm³/mol. The lowest BCUT2D eigenvalue weighted by atomic mass is 10.0. The van der Waals surface area contributed by atoms with E-state index >= 15 is 0 Å². The molecule has 0 spiro atoms. The molecule has 152 valence electrons. The summed E-state index contributed by atoms with van der Waals surface area (Å²) in [4.78, 5) is 43.1. The third kappa shape index (κ3) is 3.05. The highest BCUT2D eigenvalue weighted by molar-refractivity contribution is 6.27. The van der Waals surface area contributed by atoms with Gasteiger partial charge in [-0.15, -0.1) is 0 Å². The number of amides is 3. The molecule has 1 aliphatic heterocycles. The number of fused-ring (bicyclic) bond motifs is 3. The number of nitrogens with zero attached hydrogens (tertiary/aromatic N) is 3. The van der Waals surface area contributed by atoms with E-state index in [9.17, 15) is 14.4 Å². The Bertz CT molecular complexity index is 1340. The largest absolute Gasteiger partial charge is 0.366 e. The van der Waals surface area contributed by atoms with Gasteiger partial charge in [0.2, 0.25) is 5.91 Å². The van der Waals surface area contributed by atoms with Gasteiger partial charge in [-0.05, 0) is 24.1 Å². The number of primary amides is 1. The molecule has 1 aliphatic rings. The maximum Gasteiger partial charge on any atom is 0.263 e. The molecule has 2 aromatic carbocycles. The normalized spacial score (nSPS) is 13.1. The van der Waals surface area contributed by atoms with Crippen molar-refractivity contribution in [1.82, 2.24) is 20.1 Å². The summed E-state index contributed by atoms with van der Waals surface area (Å²) in [6, 6.07) is 16.3. The van der Waals surface area contributed by atoms with Crippen LogP contribution in [0.3, 0.4) is 0 Å². The molecular formula is C23H17N5O3. The Balaban J connectivity index is 1.54. The summed E-state index contributed by atoms with van der Waals surface area (Å²) in [6.45, 7) is 0.276. The Morgan fingerprint density at radius 3 is 2.45 bits per heavy atom. The highest BCUT2D eigenvalue weighted by atomic mass is 16.2. The third-order valence-electron chi connectivity index (χ3n) is 5.44. The molecule has 3 amide bonds. The molecule has 3 N–H and O–H groups in total. The first-order chi connectivity index (χ1) is 15.0. The van der Waals surface area contributed by atoms with Crippen LogP contribution in [0.25, 0.3) is 22.3 Å². The van der Waals surface area contributed by atoms with Crippen molar-refractivity contribution in [3.05, 3.63) is 83.0 Å². The fourth-order valence-electron chi connectivity index (χ4n) is 3.84. The second-order valence-corrected chi connectivity index (χ2v) is 7.28. The number of benzene rings is 2. The topological polar surface area (TPSA) is 122 Å². The molecule has 0 saturated heterocycles. The van der Waals surface area contributed by atoms with Crippen LogP contribution in [0.1, 0.15) is 36.6 Å². The zero-order valence-corrected chi connectivity index (χ0v) is 16.3. The number of rotatable bonds is 5. The smallest absolute Gasteiger partial charge is 0.263 e. The summed E-state index contributed by atoms with van der Waals surface area (Å²) in [5.74, 6) is -1.25. The molecule has 31 heavy (non-hydrogen) atoms. The number of aromatic amines is 1. The van der Waals surface area contributed by atoms with E-state index in [1.54, 1.807) is 24.3 Å². The second kappa shape index (κ2) is 7.17. The first kappa shape index (κ1) is 18.7. The lowest BCUT2D eigenvalue weighted by Gasteiger charge is -2.13. The van der Waals surface area contributed by atoms with Gasteiger partial charge in [0.1, 0.15) is 0 Å². The Hall–Kier alpha value is -4.33. The summed E-state index contributed by atoms with van der Waals surface area (Å²) in [7, 11) is 0. The summed E-state index contributed by atoms with van der Waals surface area (Å²) < 4.78 is 0. The summed E-state index contributed by atoms with van der Waals surface area (Å²) in [6.07, 6.45) is 1.97. The van der Waals surface area contributed by atoms with E-state index in [1.165, 1.54) is 11.1 Å². The van der Waals surface area contributed by atoms with Gasteiger partial charge in [0.15, 0.2) is 5.65 Å². The second-order valence-electron chi connectivity index (χ2n) is 7.28. The minimum atomic E-state index is -0.529. The van der Waals surface area contributed by atoms with Crippen LogP contribution in [0.15, 0.2) is 60.8 Å². The molecule has 0 unspecified atom stereocenters. The predicted octanol–water partition coefficient (Wildman–Crippen LogP) is 2.56. The quantitative estimate of drug-likeness (QED) is 0.489. The molecule has 0 aliphatic carbocycles. The van der Waals surface area contributed by atoms with E-state index < -0.39 is 5.91 Å². The third-order valence-corrected chi connectivity index (χ3v) is 5.44. The molecule has 0 saturated carbocycles. The molecule has 4 aromatic rings. The molecule has 8 nitrogen and oxygen atoms in total. The van der Waals surface area contributed by atoms with Crippen LogP contribution >= 0.6 is 0 Å². The van der Waals surface area contributed by atoms with Crippen LogP contribution in [-0.4, -0.2) is 44.3 Å². The van der Waals surface area contributed by atoms with E-state index in [1.807, 2.05) is 30.3 Å². The van der Waals surface area contributed by atoms with Crippen molar-refractivity contribution in [2.75, 3.05) is 6.54 Å². The fourth-order valence-corrected chi connectivity index (χ4v) is 3.84. The molecule has 0 bridgehead atoms. The van der Waals surface area contributed by atoms with E-state index in [0.717, 1.165) is 5.56 Å². The number of H-pyrrole nitrogens is 1. The van der Waals surface area contributed by atoms with Crippen molar-refractivity contribution in [2.45, 2.75) is 6.42 Å². The average Bonchev–Trinajstić information content (AvgIpc) is 3.32. The zero-order chi connectivity index (χ0) is 21.5. The first-order valence-electron chi connectivity index (χ1n) is 9.72. The van der Waals surface area contributed by atoms with Crippen LogP contribution in [0, 0.1) is 0 Å². The van der Waals surface area contributed by atoms with E-state index in [0.29, 0.717) is 39.8 Å². The minimum Gasteiger partial charge on any atom is -0.366 e. The number of nitrogens with one attached hydrogen (secondary N) is 1. The van der Waals surface area contributed by atoms with E-state index in [4.69, 9.17) is 5.73 Å². The SMILES string of the molecule is NC(=O)c1ccc(-c2[nH]nc3ncc4c(c23)C(=O)N(CCc2ccccc2)C4=O)cc1.